The number of hydrogen-bond donors (Lipinski definition) is 2. The number of halogens is 1. The van der Waals surface area contributed by atoms with Crippen LogP contribution in [0.1, 0.15) is 5.69 Å². The summed E-state index contributed by atoms with van der Waals surface area (Å²) in [5.41, 5.74) is 1.78. The highest BCUT2D eigenvalue weighted by Gasteiger charge is 2.19. The summed E-state index contributed by atoms with van der Waals surface area (Å²) in [6, 6.07) is 7.17. The standard InChI is InChI=1S/C19H16ClN7O3S/c1-11-17(30-9-6-21)18(29-2)25-19(24-11)26-31(28)14-10-22-15-12(14)4-5-13(20)16(15)27-8-3-7-23-27/h3-5,7-8,10,22H,9H2,1-2H3,(H,24,25,26). The third-order valence-electron chi connectivity index (χ3n) is 4.34. The molecule has 0 amide bonds. The van der Waals surface area contributed by atoms with Crippen LogP contribution < -0.4 is 14.2 Å². The molecular weight excluding hydrogens is 442 g/mol. The topological polar surface area (TPSA) is 131 Å². The first-order valence-corrected chi connectivity index (χ1v) is 10.5. The third-order valence-corrected chi connectivity index (χ3v) is 5.75. The second kappa shape index (κ2) is 8.63. The maximum atomic E-state index is 13.1. The van der Waals surface area contributed by atoms with E-state index in [2.05, 4.69) is 24.8 Å². The first-order valence-electron chi connectivity index (χ1n) is 8.94. The summed E-state index contributed by atoms with van der Waals surface area (Å²) in [4.78, 5) is 12.1. The molecule has 0 saturated carbocycles. The maximum Gasteiger partial charge on any atom is 0.262 e. The van der Waals surface area contributed by atoms with E-state index < -0.39 is 11.0 Å². The van der Waals surface area contributed by atoms with E-state index in [4.69, 9.17) is 26.3 Å². The van der Waals surface area contributed by atoms with Crippen molar-refractivity contribution in [2.75, 3.05) is 18.4 Å². The Bertz CT molecular complexity index is 1310. The molecule has 0 fully saturated rings. The number of methoxy groups -OCH3 is 1. The molecule has 0 spiro atoms. The average Bonchev–Trinajstić information content (AvgIpc) is 3.42. The summed E-state index contributed by atoms with van der Waals surface area (Å²) in [7, 11) is -0.279. The van der Waals surface area contributed by atoms with E-state index in [0.29, 0.717) is 32.2 Å². The van der Waals surface area contributed by atoms with Gasteiger partial charge in [0, 0.05) is 24.0 Å². The normalized spacial score (nSPS) is 11.8. The SMILES string of the molecule is COc1nc(NS(=O)c2c[nH]c3c(-n4cccn4)c(Cl)ccc23)nc(C)c1OCC#N. The van der Waals surface area contributed by atoms with Gasteiger partial charge in [-0.2, -0.15) is 15.3 Å². The van der Waals surface area contributed by atoms with Crippen molar-refractivity contribution < 1.29 is 13.7 Å². The Morgan fingerprint density at radius 1 is 1.39 bits per heavy atom. The van der Waals surface area contributed by atoms with E-state index in [0.717, 1.165) is 0 Å². The minimum atomic E-state index is -1.70. The molecule has 1 atom stereocenters. The second-order valence-electron chi connectivity index (χ2n) is 6.21. The zero-order chi connectivity index (χ0) is 22.0. The molecule has 0 radical (unpaired) electrons. The number of nitrogens with zero attached hydrogens (tertiary/aromatic N) is 5. The molecule has 1 unspecified atom stereocenters. The van der Waals surface area contributed by atoms with Gasteiger partial charge in [0.05, 0.1) is 28.2 Å². The van der Waals surface area contributed by atoms with Crippen LogP contribution in [-0.2, 0) is 11.0 Å². The summed E-state index contributed by atoms with van der Waals surface area (Å²) in [6.45, 7) is 1.50. The summed E-state index contributed by atoms with van der Waals surface area (Å²) in [6.07, 6.45) is 5.05. The second-order valence-corrected chi connectivity index (χ2v) is 7.80. The molecule has 2 N–H and O–H groups in total. The molecule has 0 aliphatic heterocycles. The lowest BCUT2D eigenvalue weighted by atomic mass is 10.2. The number of aromatic amines is 1. The largest absolute Gasteiger partial charge is 0.478 e. The quantitative estimate of drug-likeness (QED) is 0.435. The van der Waals surface area contributed by atoms with Crippen LogP contribution in [0.25, 0.3) is 16.6 Å². The number of rotatable bonds is 7. The van der Waals surface area contributed by atoms with Gasteiger partial charge in [-0.05, 0) is 25.1 Å². The van der Waals surface area contributed by atoms with Crippen molar-refractivity contribution in [2.24, 2.45) is 0 Å². The first-order chi connectivity index (χ1) is 15.0. The third kappa shape index (κ3) is 3.90. The monoisotopic (exact) mass is 457 g/mol. The fourth-order valence-corrected chi connectivity index (χ4v) is 4.19. The summed E-state index contributed by atoms with van der Waals surface area (Å²) in [5.74, 6) is 0.479. The molecule has 4 rings (SSSR count). The van der Waals surface area contributed by atoms with Gasteiger partial charge in [0.1, 0.15) is 11.8 Å². The van der Waals surface area contributed by atoms with Crippen LogP contribution >= 0.6 is 11.6 Å². The first kappa shape index (κ1) is 20.6. The number of nitriles is 1. The number of hydrogen-bond acceptors (Lipinski definition) is 7. The minimum absolute atomic E-state index is 0.0904. The lowest BCUT2D eigenvalue weighted by molar-refractivity contribution is 0.317. The molecule has 0 aliphatic rings. The Balaban J connectivity index is 1.68. The number of aryl methyl sites for hydroxylation is 1. The summed E-state index contributed by atoms with van der Waals surface area (Å²) >= 11 is 6.38. The van der Waals surface area contributed by atoms with E-state index in [1.54, 1.807) is 48.4 Å². The van der Waals surface area contributed by atoms with Crippen LogP contribution in [0.3, 0.4) is 0 Å². The fraction of sp³-hybridized carbons (Fsp3) is 0.158. The van der Waals surface area contributed by atoms with E-state index in [1.807, 2.05) is 6.07 Å². The van der Waals surface area contributed by atoms with Crippen molar-refractivity contribution in [3.8, 4) is 23.4 Å². The number of anilines is 1. The molecule has 158 valence electrons. The number of nitrogens with one attached hydrogen (secondary N) is 2. The number of H-pyrrole nitrogens is 1. The van der Waals surface area contributed by atoms with E-state index in [-0.39, 0.29) is 24.2 Å². The molecule has 0 saturated heterocycles. The highest BCUT2D eigenvalue weighted by molar-refractivity contribution is 7.86. The summed E-state index contributed by atoms with van der Waals surface area (Å²) < 4.78 is 28.0. The van der Waals surface area contributed by atoms with Crippen molar-refractivity contribution in [1.29, 1.82) is 5.26 Å². The molecular formula is C19H16ClN7O3S. The van der Waals surface area contributed by atoms with E-state index in [9.17, 15) is 4.21 Å². The number of ether oxygens (including phenoxy) is 2. The molecule has 3 heterocycles. The van der Waals surface area contributed by atoms with E-state index >= 15 is 0 Å². The molecule has 0 bridgehead atoms. The average molecular weight is 458 g/mol. The van der Waals surface area contributed by atoms with Crippen LogP contribution in [0.4, 0.5) is 5.95 Å². The van der Waals surface area contributed by atoms with Gasteiger partial charge < -0.3 is 14.5 Å². The molecule has 31 heavy (non-hydrogen) atoms. The molecule has 12 heteroatoms. The predicted molar refractivity (Wildman–Crippen MR) is 115 cm³/mol. The predicted octanol–water partition coefficient (Wildman–Crippen LogP) is 3.15. The Morgan fingerprint density at radius 2 is 2.23 bits per heavy atom. The minimum Gasteiger partial charge on any atom is -0.478 e. The molecule has 3 aromatic heterocycles. The van der Waals surface area contributed by atoms with E-state index in [1.165, 1.54) is 7.11 Å². The van der Waals surface area contributed by atoms with Crippen molar-refractivity contribution in [3.05, 3.63) is 47.5 Å². The Labute approximate surface area is 184 Å². The highest BCUT2D eigenvalue weighted by atomic mass is 35.5. The lowest BCUT2D eigenvalue weighted by Gasteiger charge is -2.12. The van der Waals surface area contributed by atoms with Crippen LogP contribution in [0.15, 0.2) is 41.7 Å². The van der Waals surface area contributed by atoms with Gasteiger partial charge in [0.15, 0.2) is 17.6 Å². The van der Waals surface area contributed by atoms with Crippen molar-refractivity contribution in [1.82, 2.24) is 24.7 Å². The maximum absolute atomic E-state index is 13.1. The smallest absolute Gasteiger partial charge is 0.262 e. The Hall–Kier alpha value is -3.62. The van der Waals surface area contributed by atoms with Crippen LogP contribution in [0.2, 0.25) is 5.02 Å². The molecule has 0 aliphatic carbocycles. The Kier molecular flexibility index (Phi) is 5.75. The number of aromatic nitrogens is 5. The molecule has 4 aromatic rings. The Morgan fingerprint density at radius 3 is 2.94 bits per heavy atom. The van der Waals surface area contributed by atoms with Crippen molar-refractivity contribution in [2.45, 2.75) is 11.8 Å². The highest BCUT2D eigenvalue weighted by Crippen LogP contribution is 2.33. The molecule has 1 aromatic carbocycles. The number of fused-ring (bicyclic) bond motifs is 1. The van der Waals surface area contributed by atoms with Gasteiger partial charge in [0.2, 0.25) is 11.7 Å². The lowest BCUT2D eigenvalue weighted by Crippen LogP contribution is -2.10. The van der Waals surface area contributed by atoms with Crippen LogP contribution in [0.5, 0.6) is 11.6 Å². The molecule has 10 nitrogen and oxygen atoms in total. The zero-order valence-electron chi connectivity index (χ0n) is 16.4. The fourth-order valence-electron chi connectivity index (χ4n) is 3.04. The van der Waals surface area contributed by atoms with Gasteiger partial charge in [-0.1, -0.05) is 11.6 Å². The van der Waals surface area contributed by atoms with Gasteiger partial charge in [0.25, 0.3) is 5.88 Å². The number of benzene rings is 1. The van der Waals surface area contributed by atoms with Gasteiger partial charge in [-0.3, -0.25) is 4.72 Å². The zero-order valence-corrected chi connectivity index (χ0v) is 18.0. The van der Waals surface area contributed by atoms with Crippen LogP contribution in [0, 0.1) is 18.3 Å². The summed E-state index contributed by atoms with van der Waals surface area (Å²) in [5, 5.41) is 14.2. The van der Waals surface area contributed by atoms with Crippen molar-refractivity contribution in [3.63, 3.8) is 0 Å². The van der Waals surface area contributed by atoms with Crippen molar-refractivity contribution >= 4 is 39.4 Å². The van der Waals surface area contributed by atoms with Gasteiger partial charge in [-0.25, -0.2) is 13.9 Å². The van der Waals surface area contributed by atoms with Gasteiger partial charge in [-0.15, -0.1) is 0 Å². The van der Waals surface area contributed by atoms with Gasteiger partial charge >= 0.3 is 0 Å². The van der Waals surface area contributed by atoms with Crippen LogP contribution in [-0.4, -0.2) is 42.7 Å².